The molecule has 1 unspecified atom stereocenters. The number of phenols is 1. The highest BCUT2D eigenvalue weighted by atomic mass is 35.5. The molecule has 0 heterocycles. The molecule has 1 rings (SSSR count). The monoisotopic (exact) mass is 285 g/mol. The second kappa shape index (κ2) is 6.01. The number of benzene rings is 1. The summed E-state index contributed by atoms with van der Waals surface area (Å²) >= 11 is 5.35. The zero-order valence-corrected chi connectivity index (χ0v) is 9.79. The van der Waals surface area contributed by atoms with Crippen LogP contribution in [0, 0.1) is 0 Å². The minimum absolute atomic E-state index is 0.00741. The van der Waals surface area contributed by atoms with Crippen molar-refractivity contribution in [1.29, 1.82) is 0 Å². The van der Waals surface area contributed by atoms with Gasteiger partial charge < -0.3 is 20.3 Å². The van der Waals surface area contributed by atoms with Gasteiger partial charge in [0.1, 0.15) is 11.5 Å². The van der Waals surface area contributed by atoms with E-state index in [4.69, 9.17) is 11.6 Å². The molecule has 0 aliphatic heterocycles. The second-order valence-corrected chi connectivity index (χ2v) is 3.72. The number of aliphatic hydroxyl groups is 1. The van der Waals surface area contributed by atoms with Crippen molar-refractivity contribution in [3.8, 4) is 11.5 Å². The third-order valence-corrected chi connectivity index (χ3v) is 2.26. The molecule has 0 fully saturated rings. The van der Waals surface area contributed by atoms with Gasteiger partial charge in [0, 0.05) is 12.6 Å². The van der Waals surface area contributed by atoms with Crippen LogP contribution >= 0.6 is 11.6 Å². The lowest BCUT2D eigenvalue weighted by molar-refractivity contribution is -0.274. The fourth-order valence-electron chi connectivity index (χ4n) is 1.14. The highest BCUT2D eigenvalue weighted by molar-refractivity contribution is 6.18. The molecular formula is C10H11ClF3NO3. The van der Waals surface area contributed by atoms with Crippen LogP contribution in [0.1, 0.15) is 0 Å². The van der Waals surface area contributed by atoms with Crippen molar-refractivity contribution in [3.63, 3.8) is 0 Å². The number of alkyl halides is 4. The van der Waals surface area contributed by atoms with E-state index in [0.717, 1.165) is 18.2 Å². The average molecular weight is 286 g/mol. The van der Waals surface area contributed by atoms with Gasteiger partial charge in [-0.1, -0.05) is 0 Å². The van der Waals surface area contributed by atoms with E-state index in [1.165, 1.54) is 0 Å². The first-order valence-corrected chi connectivity index (χ1v) is 5.42. The number of hydrogen-bond donors (Lipinski definition) is 3. The Morgan fingerprint density at radius 2 is 2.06 bits per heavy atom. The van der Waals surface area contributed by atoms with Crippen molar-refractivity contribution < 1.29 is 28.1 Å². The number of ether oxygens (including phenoxy) is 1. The quantitative estimate of drug-likeness (QED) is 0.574. The Morgan fingerprint density at radius 1 is 1.39 bits per heavy atom. The summed E-state index contributed by atoms with van der Waals surface area (Å²) in [5.41, 5.74) is 0.0147. The number of aromatic hydroxyl groups is 1. The Bertz CT molecular complexity index is 400. The van der Waals surface area contributed by atoms with E-state index in [1.807, 2.05) is 0 Å². The van der Waals surface area contributed by atoms with Crippen LogP contribution in [0.5, 0.6) is 11.5 Å². The molecule has 1 atom stereocenters. The van der Waals surface area contributed by atoms with Crippen LogP contribution in [0.4, 0.5) is 18.9 Å². The first kappa shape index (κ1) is 14.7. The fraction of sp³-hybridized carbons (Fsp3) is 0.400. The maximum atomic E-state index is 12.0. The molecule has 0 saturated carbocycles. The van der Waals surface area contributed by atoms with E-state index in [9.17, 15) is 23.4 Å². The minimum atomic E-state index is -4.80. The summed E-state index contributed by atoms with van der Waals surface area (Å²) in [6.45, 7) is -0.00741. The van der Waals surface area contributed by atoms with Gasteiger partial charge >= 0.3 is 6.36 Å². The molecule has 0 spiro atoms. The first-order valence-electron chi connectivity index (χ1n) is 4.88. The third kappa shape index (κ3) is 4.89. The smallest absolute Gasteiger partial charge is 0.506 e. The standard InChI is InChI=1S/C10H11ClF3NO3/c11-4-6(16)5-15-8-3-7(1-2-9(8)17)18-10(12,13)14/h1-3,6,15-17H,4-5H2. The molecule has 0 aliphatic carbocycles. The Kier molecular flexibility index (Phi) is 4.92. The minimum Gasteiger partial charge on any atom is -0.506 e. The predicted octanol–water partition coefficient (Wildman–Crippen LogP) is 2.30. The van der Waals surface area contributed by atoms with Crippen molar-refractivity contribution in [3.05, 3.63) is 18.2 Å². The highest BCUT2D eigenvalue weighted by Crippen LogP contribution is 2.31. The zero-order chi connectivity index (χ0) is 13.8. The van der Waals surface area contributed by atoms with Gasteiger partial charge in [-0.25, -0.2) is 0 Å². The first-order chi connectivity index (χ1) is 8.31. The second-order valence-electron chi connectivity index (χ2n) is 3.42. The van der Waals surface area contributed by atoms with Gasteiger partial charge in [-0.2, -0.15) is 0 Å². The maximum Gasteiger partial charge on any atom is 0.573 e. The molecule has 1 aromatic rings. The Hall–Kier alpha value is -1.34. The lowest BCUT2D eigenvalue weighted by Crippen LogP contribution is -2.21. The number of phenolic OH excluding ortho intramolecular Hbond substituents is 1. The fourth-order valence-corrected chi connectivity index (χ4v) is 1.25. The topological polar surface area (TPSA) is 61.7 Å². The molecular weight excluding hydrogens is 275 g/mol. The predicted molar refractivity (Wildman–Crippen MR) is 60.0 cm³/mol. The number of hydrogen-bond acceptors (Lipinski definition) is 4. The van der Waals surface area contributed by atoms with Crippen LogP contribution in [0.25, 0.3) is 0 Å². The van der Waals surface area contributed by atoms with E-state index in [1.54, 1.807) is 0 Å². The summed E-state index contributed by atoms with van der Waals surface area (Å²) in [7, 11) is 0. The van der Waals surface area contributed by atoms with Crippen LogP contribution in [0.2, 0.25) is 0 Å². The molecule has 3 N–H and O–H groups in total. The van der Waals surface area contributed by atoms with E-state index < -0.39 is 18.2 Å². The summed E-state index contributed by atoms with van der Waals surface area (Å²) in [5, 5.41) is 21.1. The molecule has 0 aromatic heterocycles. The lowest BCUT2D eigenvalue weighted by Gasteiger charge is -2.14. The number of aliphatic hydroxyl groups excluding tert-OH is 1. The van der Waals surface area contributed by atoms with Crippen molar-refractivity contribution in [2.45, 2.75) is 12.5 Å². The van der Waals surface area contributed by atoms with Gasteiger partial charge in [-0.3, -0.25) is 0 Å². The Morgan fingerprint density at radius 3 is 2.61 bits per heavy atom. The third-order valence-electron chi connectivity index (χ3n) is 1.91. The molecule has 102 valence electrons. The van der Waals surface area contributed by atoms with Gasteiger partial charge in [0.25, 0.3) is 0 Å². The molecule has 0 amide bonds. The molecule has 0 saturated heterocycles. The SMILES string of the molecule is Oc1ccc(OC(F)(F)F)cc1NCC(O)CCl. The summed E-state index contributed by atoms with van der Waals surface area (Å²) < 4.78 is 39.6. The molecule has 8 heteroatoms. The van der Waals surface area contributed by atoms with Gasteiger partial charge in [-0.15, -0.1) is 24.8 Å². The van der Waals surface area contributed by atoms with Crippen LogP contribution in [0.3, 0.4) is 0 Å². The summed E-state index contributed by atoms with van der Waals surface area (Å²) in [6, 6.07) is 3.01. The van der Waals surface area contributed by atoms with Gasteiger partial charge in [-0.05, 0) is 12.1 Å². The van der Waals surface area contributed by atoms with Crippen molar-refractivity contribution >= 4 is 17.3 Å². The van der Waals surface area contributed by atoms with E-state index in [0.29, 0.717) is 0 Å². The summed E-state index contributed by atoms with van der Waals surface area (Å²) in [4.78, 5) is 0. The Balaban J connectivity index is 2.75. The van der Waals surface area contributed by atoms with Gasteiger partial charge in [0.05, 0.1) is 17.7 Å². The normalized spacial score (nSPS) is 13.2. The Labute approximate surface area is 106 Å². The van der Waals surface area contributed by atoms with Crippen LogP contribution < -0.4 is 10.1 Å². The zero-order valence-electron chi connectivity index (χ0n) is 9.04. The van der Waals surface area contributed by atoms with Crippen LogP contribution in [-0.4, -0.2) is 35.1 Å². The molecule has 0 radical (unpaired) electrons. The van der Waals surface area contributed by atoms with Gasteiger partial charge in [0.2, 0.25) is 0 Å². The summed E-state index contributed by atoms with van der Waals surface area (Å²) in [6.07, 6.45) is -5.68. The van der Waals surface area contributed by atoms with Crippen LogP contribution in [0.15, 0.2) is 18.2 Å². The van der Waals surface area contributed by atoms with E-state index in [2.05, 4.69) is 10.1 Å². The van der Waals surface area contributed by atoms with Crippen LogP contribution in [-0.2, 0) is 0 Å². The average Bonchev–Trinajstić information content (AvgIpc) is 2.27. The highest BCUT2D eigenvalue weighted by Gasteiger charge is 2.31. The number of rotatable bonds is 5. The molecule has 1 aromatic carbocycles. The molecule has 0 bridgehead atoms. The maximum absolute atomic E-state index is 12.0. The van der Waals surface area contributed by atoms with E-state index >= 15 is 0 Å². The number of anilines is 1. The molecule has 18 heavy (non-hydrogen) atoms. The van der Waals surface area contributed by atoms with Crippen molar-refractivity contribution in [2.75, 3.05) is 17.7 Å². The van der Waals surface area contributed by atoms with Gasteiger partial charge in [0.15, 0.2) is 0 Å². The summed E-state index contributed by atoms with van der Waals surface area (Å²) in [5.74, 6) is -0.763. The molecule has 0 aliphatic rings. The largest absolute Gasteiger partial charge is 0.573 e. The van der Waals surface area contributed by atoms with Crippen molar-refractivity contribution in [1.82, 2.24) is 0 Å². The van der Waals surface area contributed by atoms with Crippen molar-refractivity contribution in [2.24, 2.45) is 0 Å². The number of nitrogens with one attached hydrogen (secondary N) is 1. The lowest BCUT2D eigenvalue weighted by atomic mass is 10.2. The number of halogens is 4. The van der Waals surface area contributed by atoms with E-state index in [-0.39, 0.29) is 23.9 Å². The molecule has 4 nitrogen and oxygen atoms in total.